The molecule has 0 N–H and O–H groups in total. The van der Waals surface area contributed by atoms with Crippen LogP contribution in [0.4, 0.5) is 5.82 Å². The standard InChI is InChI=1S/C12H18ClN3S/c1-8(7-17-3)16(2)11-6-10(13)14-12(15-11)9-4-5-9/h6,8-9H,4-5,7H2,1-3H3. The topological polar surface area (TPSA) is 29.0 Å². The Morgan fingerprint density at radius 1 is 1.53 bits per heavy atom. The SMILES string of the molecule is CSCC(C)N(C)c1cc(Cl)nc(C2CC2)n1. The second kappa shape index (κ2) is 5.44. The molecule has 94 valence electrons. The van der Waals surface area contributed by atoms with Crippen molar-refractivity contribution >= 4 is 29.2 Å². The molecule has 0 amide bonds. The molecule has 0 radical (unpaired) electrons. The zero-order valence-electron chi connectivity index (χ0n) is 10.5. The summed E-state index contributed by atoms with van der Waals surface area (Å²) < 4.78 is 0. The quantitative estimate of drug-likeness (QED) is 0.769. The first-order valence-corrected chi connectivity index (χ1v) is 7.65. The van der Waals surface area contributed by atoms with Gasteiger partial charge in [-0.1, -0.05) is 11.6 Å². The summed E-state index contributed by atoms with van der Waals surface area (Å²) in [5.41, 5.74) is 0. The van der Waals surface area contributed by atoms with Crippen molar-refractivity contribution < 1.29 is 0 Å². The molecule has 0 spiro atoms. The fourth-order valence-corrected chi connectivity index (χ4v) is 2.60. The molecule has 5 heteroatoms. The van der Waals surface area contributed by atoms with Crippen LogP contribution in [0.5, 0.6) is 0 Å². The van der Waals surface area contributed by atoms with Crippen LogP contribution < -0.4 is 4.90 Å². The minimum atomic E-state index is 0.447. The predicted octanol–water partition coefficient (Wildman–Crippen LogP) is 3.20. The molecule has 1 fully saturated rings. The Balaban J connectivity index is 2.18. The molecule has 1 aromatic rings. The first-order valence-electron chi connectivity index (χ1n) is 5.88. The van der Waals surface area contributed by atoms with Gasteiger partial charge in [-0.25, -0.2) is 9.97 Å². The van der Waals surface area contributed by atoms with E-state index in [1.165, 1.54) is 12.8 Å². The maximum absolute atomic E-state index is 6.06. The van der Waals surface area contributed by atoms with E-state index in [1.807, 2.05) is 17.8 Å². The van der Waals surface area contributed by atoms with Crippen LogP contribution in [0.25, 0.3) is 0 Å². The number of aromatic nitrogens is 2. The molecular formula is C12H18ClN3S. The monoisotopic (exact) mass is 271 g/mol. The van der Waals surface area contributed by atoms with Crippen molar-refractivity contribution in [2.75, 3.05) is 24.0 Å². The lowest BCUT2D eigenvalue weighted by Gasteiger charge is -2.25. The highest BCUT2D eigenvalue weighted by Crippen LogP contribution is 2.39. The van der Waals surface area contributed by atoms with E-state index in [2.05, 4.69) is 35.1 Å². The minimum Gasteiger partial charge on any atom is -0.356 e. The van der Waals surface area contributed by atoms with Crippen LogP contribution in [-0.4, -0.2) is 35.1 Å². The van der Waals surface area contributed by atoms with Crippen LogP contribution >= 0.6 is 23.4 Å². The number of halogens is 1. The summed E-state index contributed by atoms with van der Waals surface area (Å²) in [5.74, 6) is 3.47. The van der Waals surface area contributed by atoms with Crippen LogP contribution in [-0.2, 0) is 0 Å². The molecule has 3 nitrogen and oxygen atoms in total. The van der Waals surface area contributed by atoms with E-state index < -0.39 is 0 Å². The third-order valence-electron chi connectivity index (χ3n) is 3.07. The van der Waals surface area contributed by atoms with Gasteiger partial charge in [-0.3, -0.25) is 0 Å². The number of rotatable bonds is 5. The first kappa shape index (κ1) is 13.0. The van der Waals surface area contributed by atoms with Gasteiger partial charge in [-0.2, -0.15) is 11.8 Å². The highest BCUT2D eigenvalue weighted by atomic mass is 35.5. The maximum atomic E-state index is 6.06. The van der Waals surface area contributed by atoms with Gasteiger partial charge in [0, 0.05) is 30.8 Å². The number of thioether (sulfide) groups is 1. The summed E-state index contributed by atoms with van der Waals surface area (Å²) in [6, 6.07) is 2.30. The average Bonchev–Trinajstić information content (AvgIpc) is 3.11. The summed E-state index contributed by atoms with van der Waals surface area (Å²) in [4.78, 5) is 11.1. The number of nitrogens with zero attached hydrogens (tertiary/aromatic N) is 3. The predicted molar refractivity (Wildman–Crippen MR) is 75.3 cm³/mol. The maximum Gasteiger partial charge on any atom is 0.135 e. The Kier molecular flexibility index (Phi) is 4.15. The van der Waals surface area contributed by atoms with Crippen LogP contribution in [0.3, 0.4) is 0 Å². The molecule has 1 heterocycles. The Morgan fingerprint density at radius 2 is 2.24 bits per heavy atom. The van der Waals surface area contributed by atoms with Gasteiger partial charge in [-0.05, 0) is 26.0 Å². The minimum absolute atomic E-state index is 0.447. The lowest BCUT2D eigenvalue weighted by molar-refractivity contribution is 0.744. The molecule has 1 aliphatic rings. The van der Waals surface area contributed by atoms with Crippen molar-refractivity contribution in [3.63, 3.8) is 0 Å². The van der Waals surface area contributed by atoms with Crippen molar-refractivity contribution in [1.82, 2.24) is 9.97 Å². The van der Waals surface area contributed by atoms with Gasteiger partial charge in [-0.15, -0.1) is 0 Å². The van der Waals surface area contributed by atoms with Crippen molar-refractivity contribution in [3.8, 4) is 0 Å². The van der Waals surface area contributed by atoms with E-state index in [1.54, 1.807) is 0 Å². The molecule has 0 aliphatic heterocycles. The molecule has 1 aliphatic carbocycles. The molecule has 2 rings (SSSR count). The highest BCUT2D eigenvalue weighted by molar-refractivity contribution is 7.98. The van der Waals surface area contributed by atoms with E-state index in [9.17, 15) is 0 Å². The fourth-order valence-electron chi connectivity index (χ4n) is 1.71. The summed E-state index contributed by atoms with van der Waals surface area (Å²) in [6.45, 7) is 2.20. The number of hydrogen-bond acceptors (Lipinski definition) is 4. The normalized spacial score (nSPS) is 16.9. The Bertz CT molecular complexity index is 395. The van der Waals surface area contributed by atoms with E-state index in [4.69, 9.17) is 11.6 Å². The van der Waals surface area contributed by atoms with Gasteiger partial charge < -0.3 is 4.90 Å². The molecule has 0 bridgehead atoms. The summed E-state index contributed by atoms with van der Waals surface area (Å²) in [5, 5.41) is 0.556. The van der Waals surface area contributed by atoms with E-state index in [-0.39, 0.29) is 0 Å². The number of anilines is 1. The largest absolute Gasteiger partial charge is 0.356 e. The molecule has 1 unspecified atom stereocenters. The van der Waals surface area contributed by atoms with Crippen molar-refractivity contribution in [1.29, 1.82) is 0 Å². The van der Waals surface area contributed by atoms with Crippen molar-refractivity contribution in [2.24, 2.45) is 0 Å². The first-order chi connectivity index (χ1) is 8.11. The van der Waals surface area contributed by atoms with Gasteiger partial charge in [0.05, 0.1) is 0 Å². The summed E-state index contributed by atoms with van der Waals surface area (Å²) in [7, 11) is 2.07. The second-order valence-corrected chi connectivity index (χ2v) is 5.89. The van der Waals surface area contributed by atoms with Gasteiger partial charge >= 0.3 is 0 Å². The van der Waals surface area contributed by atoms with E-state index in [0.717, 1.165) is 17.4 Å². The lowest BCUT2D eigenvalue weighted by atomic mass is 10.3. The van der Waals surface area contributed by atoms with Gasteiger partial charge in [0.25, 0.3) is 0 Å². The third-order valence-corrected chi connectivity index (χ3v) is 4.08. The third kappa shape index (κ3) is 3.26. The number of hydrogen-bond donors (Lipinski definition) is 0. The Morgan fingerprint density at radius 3 is 2.82 bits per heavy atom. The molecule has 0 aromatic carbocycles. The molecule has 1 aromatic heterocycles. The van der Waals surface area contributed by atoms with Crippen LogP contribution in [0.15, 0.2) is 6.07 Å². The molecule has 1 saturated carbocycles. The van der Waals surface area contributed by atoms with Crippen molar-refractivity contribution in [2.45, 2.75) is 31.7 Å². The Labute approximate surface area is 112 Å². The van der Waals surface area contributed by atoms with Gasteiger partial charge in [0.1, 0.15) is 16.8 Å². The van der Waals surface area contributed by atoms with E-state index >= 15 is 0 Å². The van der Waals surface area contributed by atoms with Crippen LogP contribution in [0.1, 0.15) is 31.5 Å². The van der Waals surface area contributed by atoms with Gasteiger partial charge in [0.15, 0.2) is 0 Å². The smallest absolute Gasteiger partial charge is 0.135 e. The molecule has 1 atom stereocenters. The molecular weight excluding hydrogens is 254 g/mol. The van der Waals surface area contributed by atoms with Crippen molar-refractivity contribution in [3.05, 3.63) is 17.0 Å². The zero-order valence-corrected chi connectivity index (χ0v) is 12.1. The van der Waals surface area contributed by atoms with Crippen LogP contribution in [0, 0.1) is 0 Å². The summed E-state index contributed by atoms with van der Waals surface area (Å²) >= 11 is 7.91. The van der Waals surface area contributed by atoms with Crippen LogP contribution in [0.2, 0.25) is 5.15 Å². The van der Waals surface area contributed by atoms with E-state index in [0.29, 0.717) is 17.1 Å². The van der Waals surface area contributed by atoms with Gasteiger partial charge in [0.2, 0.25) is 0 Å². The Hall–Kier alpha value is -0.480. The summed E-state index contributed by atoms with van der Waals surface area (Å²) in [6.07, 6.45) is 4.51. The molecule has 17 heavy (non-hydrogen) atoms. The zero-order chi connectivity index (χ0) is 12.4. The fraction of sp³-hybridized carbons (Fsp3) is 0.667. The second-order valence-electron chi connectivity index (χ2n) is 4.60. The lowest BCUT2D eigenvalue weighted by Crippen LogP contribution is -2.31. The highest BCUT2D eigenvalue weighted by Gasteiger charge is 2.27. The molecule has 0 saturated heterocycles. The average molecular weight is 272 g/mol.